The minimum Gasteiger partial charge on any atom is -0.272 e. The van der Waals surface area contributed by atoms with Crippen LogP contribution in [0.3, 0.4) is 0 Å². The second kappa shape index (κ2) is 11.8. The third-order valence-corrected chi connectivity index (χ3v) is 6.24. The molecule has 0 atom stereocenters. The van der Waals surface area contributed by atoms with Crippen molar-refractivity contribution in [3.8, 4) is 17.1 Å². The molecule has 3 aromatic carbocycles. The van der Waals surface area contributed by atoms with Crippen LogP contribution in [-0.2, 0) is 4.79 Å². The molecular formula is C26H21Cl2N5OS. The van der Waals surface area contributed by atoms with Crippen molar-refractivity contribution in [2.75, 3.05) is 5.75 Å². The molecule has 0 radical (unpaired) electrons. The van der Waals surface area contributed by atoms with Gasteiger partial charge in [0.15, 0.2) is 11.0 Å². The van der Waals surface area contributed by atoms with E-state index in [2.05, 4.69) is 20.7 Å². The Balaban J connectivity index is 1.47. The van der Waals surface area contributed by atoms with Crippen molar-refractivity contribution in [3.63, 3.8) is 0 Å². The molecular weight excluding hydrogens is 501 g/mol. The Hall–Kier alpha value is -3.39. The maximum atomic E-state index is 12.4. The molecule has 6 nitrogen and oxygen atoms in total. The van der Waals surface area contributed by atoms with E-state index >= 15 is 0 Å². The van der Waals surface area contributed by atoms with Crippen molar-refractivity contribution in [1.82, 2.24) is 20.2 Å². The van der Waals surface area contributed by atoms with E-state index in [-0.39, 0.29) is 11.7 Å². The van der Waals surface area contributed by atoms with Gasteiger partial charge in [0.1, 0.15) is 0 Å². The molecule has 1 amide bonds. The van der Waals surface area contributed by atoms with Gasteiger partial charge in [-0.05, 0) is 66.6 Å². The van der Waals surface area contributed by atoms with Gasteiger partial charge in [-0.15, -0.1) is 10.2 Å². The summed E-state index contributed by atoms with van der Waals surface area (Å²) in [6, 6.07) is 24.6. The van der Waals surface area contributed by atoms with E-state index in [0.29, 0.717) is 21.0 Å². The number of hydrogen-bond donors (Lipinski definition) is 1. The molecule has 35 heavy (non-hydrogen) atoms. The predicted molar refractivity (Wildman–Crippen MR) is 144 cm³/mol. The molecule has 1 aromatic heterocycles. The van der Waals surface area contributed by atoms with Gasteiger partial charge in [-0.3, -0.25) is 9.36 Å². The van der Waals surface area contributed by atoms with Gasteiger partial charge in [-0.25, -0.2) is 5.43 Å². The standard InChI is InChI=1S/C26H21Cl2N5OS/c1-18(15-19-5-3-2-4-6-19)16-29-30-24(34)17-35-26-32-31-25(20-7-9-21(27)10-8-20)33(26)23-13-11-22(28)12-14-23/h2-16H,17H2,1H3,(H,30,34). The topological polar surface area (TPSA) is 72.2 Å². The third kappa shape index (κ3) is 6.82. The third-order valence-electron chi connectivity index (χ3n) is 4.80. The summed E-state index contributed by atoms with van der Waals surface area (Å²) in [6.45, 7) is 1.92. The molecule has 0 spiro atoms. The van der Waals surface area contributed by atoms with Crippen molar-refractivity contribution >= 4 is 53.2 Å². The van der Waals surface area contributed by atoms with E-state index in [0.717, 1.165) is 22.4 Å². The number of carbonyl (C=O) groups excluding carboxylic acids is 1. The largest absolute Gasteiger partial charge is 0.272 e. The summed E-state index contributed by atoms with van der Waals surface area (Å²) in [7, 11) is 0. The second-order valence-electron chi connectivity index (χ2n) is 7.51. The molecule has 4 aromatic rings. The number of benzene rings is 3. The molecule has 176 valence electrons. The average Bonchev–Trinajstić information content (AvgIpc) is 3.28. The minimum absolute atomic E-state index is 0.116. The summed E-state index contributed by atoms with van der Waals surface area (Å²) in [5, 5.41) is 14.6. The summed E-state index contributed by atoms with van der Waals surface area (Å²) in [6.07, 6.45) is 3.60. The highest BCUT2D eigenvalue weighted by atomic mass is 35.5. The van der Waals surface area contributed by atoms with Gasteiger partial charge in [0, 0.05) is 21.3 Å². The highest BCUT2D eigenvalue weighted by Gasteiger charge is 2.17. The zero-order valence-corrected chi connectivity index (χ0v) is 21.1. The fourth-order valence-electron chi connectivity index (χ4n) is 3.19. The van der Waals surface area contributed by atoms with Crippen LogP contribution in [0.5, 0.6) is 0 Å². The maximum absolute atomic E-state index is 12.4. The summed E-state index contributed by atoms with van der Waals surface area (Å²) < 4.78 is 1.88. The Morgan fingerprint density at radius 3 is 2.31 bits per heavy atom. The Labute approximate surface area is 217 Å². The summed E-state index contributed by atoms with van der Waals surface area (Å²) in [5.74, 6) is 0.495. The van der Waals surface area contributed by atoms with E-state index in [1.165, 1.54) is 11.8 Å². The van der Waals surface area contributed by atoms with Crippen LogP contribution in [0.25, 0.3) is 23.2 Å². The molecule has 1 N–H and O–H groups in total. The average molecular weight is 522 g/mol. The van der Waals surface area contributed by atoms with E-state index in [1.807, 2.05) is 72.2 Å². The molecule has 4 rings (SSSR count). The second-order valence-corrected chi connectivity index (χ2v) is 9.32. The van der Waals surface area contributed by atoms with Gasteiger partial charge < -0.3 is 0 Å². The summed E-state index contributed by atoms with van der Waals surface area (Å²) >= 11 is 13.4. The molecule has 1 heterocycles. The zero-order chi connectivity index (χ0) is 24.6. The molecule has 0 fully saturated rings. The van der Waals surface area contributed by atoms with Gasteiger partial charge in [0.25, 0.3) is 5.91 Å². The summed E-state index contributed by atoms with van der Waals surface area (Å²) in [5.41, 5.74) is 6.21. The molecule has 0 saturated carbocycles. The Kier molecular flexibility index (Phi) is 8.36. The quantitative estimate of drug-likeness (QED) is 0.162. The molecule has 0 aliphatic heterocycles. The van der Waals surface area contributed by atoms with E-state index in [1.54, 1.807) is 30.5 Å². The molecule has 0 unspecified atom stereocenters. The van der Waals surface area contributed by atoms with Gasteiger partial charge in [0.05, 0.1) is 12.0 Å². The number of halogens is 2. The lowest BCUT2D eigenvalue weighted by atomic mass is 10.1. The van der Waals surface area contributed by atoms with Crippen LogP contribution in [0, 0.1) is 0 Å². The number of hydrogen-bond acceptors (Lipinski definition) is 5. The van der Waals surface area contributed by atoms with E-state index in [9.17, 15) is 4.79 Å². The number of carbonyl (C=O) groups is 1. The first-order valence-corrected chi connectivity index (χ1v) is 12.4. The SMILES string of the molecule is CC(C=NNC(=O)CSc1nnc(-c2ccc(Cl)cc2)n1-c1ccc(Cl)cc1)=Cc1ccccc1. The molecule has 0 aliphatic rings. The van der Waals surface area contributed by atoms with Crippen LogP contribution in [-0.4, -0.2) is 32.6 Å². The van der Waals surface area contributed by atoms with Gasteiger partial charge >= 0.3 is 0 Å². The van der Waals surface area contributed by atoms with Crippen LogP contribution in [0.15, 0.2) is 94.7 Å². The van der Waals surface area contributed by atoms with Crippen LogP contribution in [0.2, 0.25) is 10.0 Å². The Morgan fingerprint density at radius 1 is 0.971 bits per heavy atom. The Bertz CT molecular complexity index is 1350. The number of nitrogens with zero attached hydrogens (tertiary/aromatic N) is 4. The number of hydrazone groups is 1. The lowest BCUT2D eigenvalue weighted by Crippen LogP contribution is -2.20. The smallest absolute Gasteiger partial charge is 0.250 e. The first-order chi connectivity index (χ1) is 17.0. The van der Waals surface area contributed by atoms with E-state index < -0.39 is 0 Å². The lowest BCUT2D eigenvalue weighted by molar-refractivity contribution is -0.118. The zero-order valence-electron chi connectivity index (χ0n) is 18.7. The maximum Gasteiger partial charge on any atom is 0.250 e. The van der Waals surface area contributed by atoms with Crippen LogP contribution >= 0.6 is 35.0 Å². The first-order valence-electron chi connectivity index (χ1n) is 10.6. The molecule has 0 bridgehead atoms. The minimum atomic E-state index is -0.252. The lowest BCUT2D eigenvalue weighted by Gasteiger charge is -2.10. The number of allylic oxidation sites excluding steroid dienone is 1. The fraction of sp³-hybridized carbons (Fsp3) is 0.0769. The fourth-order valence-corrected chi connectivity index (χ4v) is 4.19. The molecule has 9 heteroatoms. The highest BCUT2D eigenvalue weighted by Crippen LogP contribution is 2.29. The normalized spacial score (nSPS) is 11.7. The number of amides is 1. The number of thioether (sulfide) groups is 1. The van der Waals surface area contributed by atoms with E-state index in [4.69, 9.17) is 23.2 Å². The van der Waals surface area contributed by atoms with Crippen LogP contribution < -0.4 is 5.43 Å². The highest BCUT2D eigenvalue weighted by molar-refractivity contribution is 7.99. The molecule has 0 aliphatic carbocycles. The first kappa shape index (κ1) is 24.7. The Morgan fingerprint density at radius 2 is 1.63 bits per heavy atom. The monoisotopic (exact) mass is 521 g/mol. The van der Waals surface area contributed by atoms with Crippen molar-refractivity contribution in [2.45, 2.75) is 12.1 Å². The number of nitrogens with one attached hydrogen (secondary N) is 1. The summed E-state index contributed by atoms with van der Waals surface area (Å²) in [4.78, 5) is 12.4. The van der Waals surface area contributed by atoms with Crippen LogP contribution in [0.1, 0.15) is 12.5 Å². The van der Waals surface area contributed by atoms with Crippen molar-refractivity contribution in [2.24, 2.45) is 5.10 Å². The van der Waals surface area contributed by atoms with Crippen molar-refractivity contribution in [3.05, 3.63) is 100 Å². The molecule has 0 saturated heterocycles. The number of aromatic nitrogens is 3. The van der Waals surface area contributed by atoms with Crippen LogP contribution in [0.4, 0.5) is 0 Å². The predicted octanol–water partition coefficient (Wildman–Crippen LogP) is 6.54. The number of rotatable bonds is 8. The van der Waals surface area contributed by atoms with Crippen molar-refractivity contribution < 1.29 is 4.79 Å². The van der Waals surface area contributed by atoms with Gasteiger partial charge in [-0.1, -0.05) is 71.4 Å². The van der Waals surface area contributed by atoms with Gasteiger partial charge in [0.2, 0.25) is 0 Å². The van der Waals surface area contributed by atoms with Crippen molar-refractivity contribution in [1.29, 1.82) is 0 Å². The van der Waals surface area contributed by atoms with Gasteiger partial charge in [-0.2, -0.15) is 5.10 Å².